The normalized spacial score (nSPS) is 17.8. The third kappa shape index (κ3) is 4.48. The van der Waals surface area contributed by atoms with Gasteiger partial charge >= 0.3 is 5.97 Å². The Morgan fingerprint density at radius 2 is 2.14 bits per heavy atom. The van der Waals surface area contributed by atoms with Gasteiger partial charge in [-0.3, -0.25) is 9.69 Å². The van der Waals surface area contributed by atoms with Crippen LogP contribution in [-0.4, -0.2) is 50.4 Å². The topological polar surface area (TPSA) is 58.4 Å². The lowest BCUT2D eigenvalue weighted by molar-refractivity contribution is -0.133. The molecule has 0 aliphatic carbocycles. The molecule has 1 aliphatic heterocycles. The van der Waals surface area contributed by atoms with Gasteiger partial charge in [0.25, 0.3) is 0 Å². The van der Waals surface area contributed by atoms with E-state index in [2.05, 4.69) is 28.3 Å². The first-order valence-corrected chi connectivity index (χ1v) is 8.73. The lowest BCUT2D eigenvalue weighted by atomic mass is 10.1. The Hall–Kier alpha value is -1.01. The molecule has 0 bridgehead atoms. The minimum Gasteiger partial charge on any atom is -0.481 e. The number of hydrogen-bond acceptors (Lipinski definition) is 4. The molecule has 21 heavy (non-hydrogen) atoms. The molecule has 2 heterocycles. The van der Waals surface area contributed by atoms with E-state index in [0.717, 1.165) is 18.1 Å². The number of imidazole rings is 1. The number of hydrogen-bond donors (Lipinski definition) is 1. The monoisotopic (exact) mass is 311 g/mol. The van der Waals surface area contributed by atoms with Crippen molar-refractivity contribution in [3.63, 3.8) is 0 Å². The molecule has 1 N–H and O–H groups in total. The SMILES string of the molecule is CCc1cnc(SCC(=O)O)n1CC(C)N1CCCCC1. The van der Waals surface area contributed by atoms with Gasteiger partial charge in [0, 0.05) is 24.5 Å². The first-order valence-electron chi connectivity index (χ1n) is 7.74. The maximum atomic E-state index is 10.8. The lowest BCUT2D eigenvalue weighted by Gasteiger charge is -2.33. The van der Waals surface area contributed by atoms with Crippen LogP contribution < -0.4 is 0 Å². The number of piperidine rings is 1. The van der Waals surface area contributed by atoms with E-state index in [9.17, 15) is 4.79 Å². The van der Waals surface area contributed by atoms with Crippen molar-refractivity contribution in [1.82, 2.24) is 14.5 Å². The van der Waals surface area contributed by atoms with Gasteiger partial charge in [0.2, 0.25) is 0 Å². The van der Waals surface area contributed by atoms with Crippen LogP contribution in [0.15, 0.2) is 11.4 Å². The molecule has 1 aliphatic rings. The van der Waals surface area contributed by atoms with E-state index in [-0.39, 0.29) is 5.75 Å². The van der Waals surface area contributed by atoms with Crippen molar-refractivity contribution in [1.29, 1.82) is 0 Å². The summed E-state index contributed by atoms with van der Waals surface area (Å²) in [7, 11) is 0. The van der Waals surface area contributed by atoms with Crippen molar-refractivity contribution in [2.24, 2.45) is 0 Å². The smallest absolute Gasteiger partial charge is 0.313 e. The predicted molar refractivity (Wildman–Crippen MR) is 84.9 cm³/mol. The lowest BCUT2D eigenvalue weighted by Crippen LogP contribution is -2.40. The Morgan fingerprint density at radius 3 is 2.76 bits per heavy atom. The zero-order chi connectivity index (χ0) is 15.2. The maximum Gasteiger partial charge on any atom is 0.313 e. The molecular formula is C15H25N3O2S. The summed E-state index contributed by atoms with van der Waals surface area (Å²) < 4.78 is 2.20. The largest absolute Gasteiger partial charge is 0.481 e. The number of nitrogens with zero attached hydrogens (tertiary/aromatic N) is 3. The van der Waals surface area contributed by atoms with E-state index in [1.807, 2.05) is 6.20 Å². The zero-order valence-corrected chi connectivity index (χ0v) is 13.7. The van der Waals surface area contributed by atoms with E-state index < -0.39 is 5.97 Å². The average Bonchev–Trinajstić information content (AvgIpc) is 2.88. The third-order valence-corrected chi connectivity index (χ3v) is 5.02. The molecule has 0 aromatic carbocycles. The van der Waals surface area contributed by atoms with Gasteiger partial charge in [0.05, 0.1) is 5.75 Å². The second kappa shape index (κ2) is 7.84. The number of thioether (sulfide) groups is 1. The Bertz CT molecular complexity index is 469. The Balaban J connectivity index is 2.05. The summed E-state index contributed by atoms with van der Waals surface area (Å²) in [5.41, 5.74) is 1.19. The van der Waals surface area contributed by atoms with Crippen LogP contribution in [0.25, 0.3) is 0 Å². The summed E-state index contributed by atoms with van der Waals surface area (Å²) in [6.07, 6.45) is 6.72. The number of aliphatic carboxylic acids is 1. The number of likely N-dealkylation sites (tertiary alicyclic amines) is 1. The van der Waals surface area contributed by atoms with Crippen LogP contribution >= 0.6 is 11.8 Å². The van der Waals surface area contributed by atoms with Gasteiger partial charge in [-0.2, -0.15) is 0 Å². The molecule has 0 saturated carbocycles. The first kappa shape index (κ1) is 16.4. The summed E-state index contributed by atoms with van der Waals surface area (Å²) in [5, 5.41) is 9.68. The summed E-state index contributed by atoms with van der Waals surface area (Å²) in [6, 6.07) is 0.467. The van der Waals surface area contributed by atoms with Crippen molar-refractivity contribution in [3.8, 4) is 0 Å². The quantitative estimate of drug-likeness (QED) is 0.784. The van der Waals surface area contributed by atoms with Crippen molar-refractivity contribution in [2.75, 3.05) is 18.8 Å². The number of aryl methyl sites for hydroxylation is 1. The molecule has 5 nitrogen and oxygen atoms in total. The summed E-state index contributed by atoms with van der Waals surface area (Å²) in [6.45, 7) is 7.62. The van der Waals surface area contributed by atoms with Crippen molar-refractivity contribution in [2.45, 2.75) is 57.3 Å². The molecule has 118 valence electrons. The summed E-state index contributed by atoms with van der Waals surface area (Å²) in [5.74, 6) is -0.727. The molecule has 0 amide bonds. The Labute approximate surface area is 130 Å². The fourth-order valence-electron chi connectivity index (χ4n) is 2.85. The number of aromatic nitrogens is 2. The minimum atomic E-state index is -0.795. The van der Waals surface area contributed by atoms with Gasteiger partial charge < -0.3 is 9.67 Å². The van der Waals surface area contributed by atoms with E-state index >= 15 is 0 Å². The van der Waals surface area contributed by atoms with Gasteiger partial charge in [-0.15, -0.1) is 0 Å². The van der Waals surface area contributed by atoms with Crippen molar-refractivity contribution >= 4 is 17.7 Å². The molecule has 1 saturated heterocycles. The molecule has 1 aromatic heterocycles. The van der Waals surface area contributed by atoms with Crippen LogP contribution in [0, 0.1) is 0 Å². The summed E-state index contributed by atoms with van der Waals surface area (Å²) >= 11 is 1.31. The maximum absolute atomic E-state index is 10.8. The molecular weight excluding hydrogens is 286 g/mol. The van der Waals surface area contributed by atoms with Crippen LogP contribution in [0.2, 0.25) is 0 Å². The van der Waals surface area contributed by atoms with Gasteiger partial charge in [-0.1, -0.05) is 25.1 Å². The highest BCUT2D eigenvalue weighted by Gasteiger charge is 2.19. The van der Waals surface area contributed by atoms with Crippen LogP contribution in [0.3, 0.4) is 0 Å². The predicted octanol–water partition coefficient (Wildman–Crippen LogP) is 2.50. The second-order valence-electron chi connectivity index (χ2n) is 5.62. The van der Waals surface area contributed by atoms with E-state index in [1.54, 1.807) is 0 Å². The van der Waals surface area contributed by atoms with Crippen LogP contribution in [0.4, 0.5) is 0 Å². The van der Waals surface area contributed by atoms with Crippen LogP contribution in [0.5, 0.6) is 0 Å². The molecule has 6 heteroatoms. The van der Waals surface area contributed by atoms with Crippen molar-refractivity contribution < 1.29 is 9.90 Å². The number of carbonyl (C=O) groups is 1. The Morgan fingerprint density at radius 1 is 1.43 bits per heavy atom. The van der Waals surface area contributed by atoms with Gasteiger partial charge in [-0.05, 0) is 39.3 Å². The Kier molecular flexibility index (Phi) is 6.11. The second-order valence-corrected chi connectivity index (χ2v) is 6.57. The standard InChI is InChI=1S/C15H25N3O2S/c1-3-13-9-16-15(21-11-14(19)20)18(13)10-12(2)17-7-5-4-6-8-17/h9,12H,3-8,10-11H2,1-2H3,(H,19,20). The van der Waals surface area contributed by atoms with E-state index in [1.165, 1.54) is 49.8 Å². The third-order valence-electron chi connectivity index (χ3n) is 4.05. The molecule has 1 unspecified atom stereocenters. The van der Waals surface area contributed by atoms with Crippen molar-refractivity contribution in [3.05, 3.63) is 11.9 Å². The van der Waals surface area contributed by atoms with Gasteiger partial charge in [-0.25, -0.2) is 4.98 Å². The van der Waals surface area contributed by atoms with Crippen LogP contribution in [-0.2, 0) is 17.8 Å². The summed E-state index contributed by atoms with van der Waals surface area (Å²) in [4.78, 5) is 17.7. The first-order chi connectivity index (χ1) is 10.1. The molecule has 1 aromatic rings. The fraction of sp³-hybridized carbons (Fsp3) is 0.733. The zero-order valence-electron chi connectivity index (χ0n) is 12.9. The van der Waals surface area contributed by atoms with Gasteiger partial charge in [0.1, 0.15) is 0 Å². The fourth-order valence-corrected chi connectivity index (χ4v) is 3.58. The highest BCUT2D eigenvalue weighted by atomic mass is 32.2. The van der Waals surface area contributed by atoms with E-state index in [4.69, 9.17) is 5.11 Å². The molecule has 2 rings (SSSR count). The molecule has 1 atom stereocenters. The molecule has 0 radical (unpaired) electrons. The number of carboxylic acids is 1. The molecule has 0 spiro atoms. The number of rotatable bonds is 7. The highest BCUT2D eigenvalue weighted by Crippen LogP contribution is 2.21. The van der Waals surface area contributed by atoms with Crippen LogP contribution in [0.1, 0.15) is 38.8 Å². The van der Waals surface area contributed by atoms with E-state index in [0.29, 0.717) is 6.04 Å². The molecule has 1 fully saturated rings. The highest BCUT2D eigenvalue weighted by molar-refractivity contribution is 7.99. The number of carboxylic acid groups (broad SMARTS) is 1. The average molecular weight is 311 g/mol. The van der Waals surface area contributed by atoms with Gasteiger partial charge in [0.15, 0.2) is 5.16 Å². The minimum absolute atomic E-state index is 0.0677.